The molecule has 7 aromatic carbocycles. The quantitative estimate of drug-likeness (QED) is 0.200. The van der Waals surface area contributed by atoms with Gasteiger partial charge in [0.25, 0.3) is 0 Å². The zero-order chi connectivity index (χ0) is 29.5. The van der Waals surface area contributed by atoms with Crippen molar-refractivity contribution in [1.82, 2.24) is 13.7 Å². The molecular weight excluding hydrogens is 546 g/mol. The number of rotatable bonds is 3. The van der Waals surface area contributed by atoms with Crippen molar-refractivity contribution in [2.45, 2.75) is 0 Å². The minimum Gasteiger partial charge on any atom is -0.309 e. The molecule has 0 aliphatic rings. The Kier molecular flexibility index (Phi) is 5.00. The summed E-state index contributed by atoms with van der Waals surface area (Å²) >= 11 is 0. The lowest BCUT2D eigenvalue weighted by Gasteiger charge is -2.12. The van der Waals surface area contributed by atoms with Gasteiger partial charge in [0.15, 0.2) is 0 Å². The second-order valence-electron chi connectivity index (χ2n) is 11.8. The van der Waals surface area contributed by atoms with E-state index in [2.05, 4.69) is 177 Å². The fourth-order valence-electron chi connectivity index (χ4n) is 7.52. The van der Waals surface area contributed by atoms with Crippen molar-refractivity contribution >= 4 is 65.4 Å². The highest BCUT2D eigenvalue weighted by Crippen LogP contribution is 2.40. The van der Waals surface area contributed by atoms with Crippen LogP contribution in [0.4, 0.5) is 0 Å². The first-order chi connectivity index (χ1) is 22.3. The highest BCUT2D eigenvalue weighted by atomic mass is 15.0. The van der Waals surface area contributed by atoms with Gasteiger partial charge in [0.2, 0.25) is 0 Å². The molecule has 0 spiro atoms. The third-order valence-corrected chi connectivity index (χ3v) is 9.43. The predicted molar refractivity (Wildman–Crippen MR) is 189 cm³/mol. The molecule has 0 unspecified atom stereocenters. The largest absolute Gasteiger partial charge is 0.309 e. The minimum atomic E-state index is 1.15. The van der Waals surface area contributed by atoms with E-state index in [1.165, 1.54) is 71.1 Å². The lowest BCUT2D eigenvalue weighted by atomic mass is 10.1. The standard InChI is InChI=1S/C42H27N3/c1-2-12-28(13-3-1)44-39-20-10-6-16-33(39)35-26-36-34-17-7-11-21-40(34)45(42(36)27-41(35)44)30-24-22-29(23-25-30)43-37-18-8-4-14-31(37)32-15-5-9-19-38(32)43/h1-27H. The van der Waals surface area contributed by atoms with Crippen molar-refractivity contribution in [1.29, 1.82) is 0 Å². The maximum absolute atomic E-state index is 2.42. The van der Waals surface area contributed by atoms with Crippen molar-refractivity contribution in [2.24, 2.45) is 0 Å². The Morgan fingerprint density at radius 2 is 0.533 bits per heavy atom. The Morgan fingerprint density at radius 3 is 0.956 bits per heavy atom. The van der Waals surface area contributed by atoms with E-state index in [-0.39, 0.29) is 0 Å². The Labute approximate surface area is 259 Å². The normalized spacial score (nSPS) is 12.0. The van der Waals surface area contributed by atoms with Gasteiger partial charge >= 0.3 is 0 Å². The van der Waals surface area contributed by atoms with Gasteiger partial charge in [0.05, 0.1) is 33.1 Å². The fraction of sp³-hybridized carbons (Fsp3) is 0. The molecule has 10 rings (SSSR count). The van der Waals surface area contributed by atoms with E-state index >= 15 is 0 Å². The molecule has 0 aliphatic heterocycles. The third-order valence-electron chi connectivity index (χ3n) is 9.43. The Balaban J connectivity index is 1.24. The SMILES string of the molecule is c1ccc(-n2c3ccccc3c3cc4c5ccccc5n(-c5ccc(-n6c7ccccc7c7ccccc76)cc5)c4cc32)cc1. The zero-order valence-corrected chi connectivity index (χ0v) is 24.4. The number of aromatic nitrogens is 3. The van der Waals surface area contributed by atoms with E-state index in [9.17, 15) is 0 Å². The number of para-hydroxylation sites is 5. The van der Waals surface area contributed by atoms with Crippen molar-refractivity contribution in [3.63, 3.8) is 0 Å². The molecule has 0 aliphatic carbocycles. The smallest absolute Gasteiger partial charge is 0.0562 e. The molecule has 3 aromatic heterocycles. The van der Waals surface area contributed by atoms with Crippen molar-refractivity contribution in [3.05, 3.63) is 164 Å². The molecule has 0 N–H and O–H groups in total. The maximum Gasteiger partial charge on any atom is 0.0562 e. The van der Waals surface area contributed by atoms with Crippen LogP contribution in [0.5, 0.6) is 0 Å². The number of hydrogen-bond donors (Lipinski definition) is 0. The van der Waals surface area contributed by atoms with Gasteiger partial charge in [-0.1, -0.05) is 91.0 Å². The molecule has 0 atom stereocenters. The molecule has 3 nitrogen and oxygen atoms in total. The maximum atomic E-state index is 2.42. The first-order valence-corrected chi connectivity index (χ1v) is 15.5. The number of nitrogens with zero attached hydrogens (tertiary/aromatic N) is 3. The molecule has 10 aromatic rings. The van der Waals surface area contributed by atoms with Gasteiger partial charge in [0.1, 0.15) is 0 Å². The van der Waals surface area contributed by atoms with Gasteiger partial charge in [0, 0.05) is 49.4 Å². The van der Waals surface area contributed by atoms with Gasteiger partial charge in [-0.05, 0) is 72.8 Å². The molecule has 0 bridgehead atoms. The average Bonchev–Trinajstić information content (AvgIpc) is 3.73. The summed E-state index contributed by atoms with van der Waals surface area (Å²) in [6.07, 6.45) is 0. The lowest BCUT2D eigenvalue weighted by Crippen LogP contribution is -1.97. The van der Waals surface area contributed by atoms with Gasteiger partial charge in [-0.3, -0.25) is 0 Å². The molecule has 0 fully saturated rings. The summed E-state index contributed by atoms with van der Waals surface area (Å²) in [5.74, 6) is 0. The van der Waals surface area contributed by atoms with Gasteiger partial charge < -0.3 is 13.7 Å². The summed E-state index contributed by atoms with van der Waals surface area (Å²) in [6, 6.07) is 59.4. The Morgan fingerprint density at radius 1 is 0.222 bits per heavy atom. The monoisotopic (exact) mass is 573 g/mol. The number of benzene rings is 7. The average molecular weight is 574 g/mol. The molecule has 0 saturated carbocycles. The van der Waals surface area contributed by atoms with Gasteiger partial charge in [-0.2, -0.15) is 0 Å². The van der Waals surface area contributed by atoms with Crippen LogP contribution in [-0.4, -0.2) is 13.7 Å². The van der Waals surface area contributed by atoms with Gasteiger partial charge in [-0.25, -0.2) is 0 Å². The fourth-order valence-corrected chi connectivity index (χ4v) is 7.52. The minimum absolute atomic E-state index is 1.15. The second kappa shape index (κ2) is 9.22. The number of fused-ring (bicyclic) bond motifs is 9. The second-order valence-corrected chi connectivity index (χ2v) is 11.8. The topological polar surface area (TPSA) is 14.8 Å². The van der Waals surface area contributed by atoms with Crippen LogP contribution in [0.1, 0.15) is 0 Å². The molecule has 3 heteroatoms. The molecule has 45 heavy (non-hydrogen) atoms. The lowest BCUT2D eigenvalue weighted by molar-refractivity contribution is 1.14. The first kappa shape index (κ1) is 24.4. The Bertz CT molecular complexity index is 2690. The van der Waals surface area contributed by atoms with E-state index in [1.807, 2.05) is 0 Å². The van der Waals surface area contributed by atoms with E-state index in [4.69, 9.17) is 0 Å². The van der Waals surface area contributed by atoms with Crippen molar-refractivity contribution < 1.29 is 0 Å². The van der Waals surface area contributed by atoms with Crippen LogP contribution >= 0.6 is 0 Å². The molecule has 3 heterocycles. The van der Waals surface area contributed by atoms with E-state index in [1.54, 1.807) is 0 Å². The van der Waals surface area contributed by atoms with Crippen LogP contribution in [0.3, 0.4) is 0 Å². The van der Waals surface area contributed by atoms with Crippen molar-refractivity contribution in [3.8, 4) is 17.1 Å². The molecular formula is C42H27N3. The highest BCUT2D eigenvalue weighted by Gasteiger charge is 2.18. The number of hydrogen-bond acceptors (Lipinski definition) is 0. The summed E-state index contributed by atoms with van der Waals surface area (Å²) in [6.45, 7) is 0. The molecule has 0 saturated heterocycles. The van der Waals surface area contributed by atoms with E-state index in [0.29, 0.717) is 0 Å². The van der Waals surface area contributed by atoms with Crippen LogP contribution in [0, 0.1) is 0 Å². The van der Waals surface area contributed by atoms with Crippen LogP contribution in [0.25, 0.3) is 82.5 Å². The zero-order valence-electron chi connectivity index (χ0n) is 24.4. The summed E-state index contributed by atoms with van der Waals surface area (Å²) in [5, 5.41) is 7.62. The summed E-state index contributed by atoms with van der Waals surface area (Å²) in [4.78, 5) is 0. The van der Waals surface area contributed by atoms with Crippen LogP contribution in [0.2, 0.25) is 0 Å². The van der Waals surface area contributed by atoms with E-state index < -0.39 is 0 Å². The van der Waals surface area contributed by atoms with Crippen LogP contribution in [0.15, 0.2) is 164 Å². The predicted octanol–water partition coefficient (Wildman–Crippen LogP) is 11.0. The van der Waals surface area contributed by atoms with Crippen LogP contribution in [-0.2, 0) is 0 Å². The highest BCUT2D eigenvalue weighted by molar-refractivity contribution is 6.19. The summed E-state index contributed by atoms with van der Waals surface area (Å²) in [7, 11) is 0. The molecule has 0 radical (unpaired) electrons. The van der Waals surface area contributed by atoms with Crippen LogP contribution < -0.4 is 0 Å². The summed E-state index contributed by atoms with van der Waals surface area (Å²) < 4.78 is 7.20. The first-order valence-electron chi connectivity index (χ1n) is 15.5. The van der Waals surface area contributed by atoms with Gasteiger partial charge in [-0.15, -0.1) is 0 Å². The Hall–Kier alpha value is -6.06. The third kappa shape index (κ3) is 3.41. The van der Waals surface area contributed by atoms with Crippen molar-refractivity contribution in [2.75, 3.05) is 0 Å². The molecule has 210 valence electrons. The molecule has 0 amide bonds. The van der Waals surface area contributed by atoms with E-state index in [0.717, 1.165) is 11.4 Å². The summed E-state index contributed by atoms with van der Waals surface area (Å²) in [5.41, 5.74) is 10.8.